The first-order valence-electron chi connectivity index (χ1n) is 6.33. The van der Waals surface area contributed by atoms with Crippen LogP contribution < -0.4 is 11.1 Å². The van der Waals surface area contributed by atoms with Crippen molar-refractivity contribution in [3.8, 4) is 0 Å². The molecule has 1 aromatic carbocycles. The average molecular weight is 293 g/mol. The second-order valence-corrected chi connectivity index (χ2v) is 4.84. The van der Waals surface area contributed by atoms with Crippen LogP contribution in [0.5, 0.6) is 0 Å². The zero-order valence-corrected chi connectivity index (χ0v) is 12.4. The molecule has 20 heavy (non-hydrogen) atoms. The van der Waals surface area contributed by atoms with Crippen LogP contribution in [-0.2, 0) is 9.59 Å². The van der Waals surface area contributed by atoms with Crippen molar-refractivity contribution in [1.29, 1.82) is 0 Å². The van der Waals surface area contributed by atoms with Gasteiger partial charge in [0.15, 0.2) is 0 Å². The highest BCUT2D eigenvalue weighted by atomic mass is 32.1. The summed E-state index contributed by atoms with van der Waals surface area (Å²) in [6.45, 7) is 2.39. The van der Waals surface area contributed by atoms with Crippen LogP contribution in [-0.4, -0.2) is 41.8 Å². The fraction of sp³-hybridized carbons (Fsp3) is 0.357. The fourth-order valence-corrected chi connectivity index (χ4v) is 1.91. The first-order chi connectivity index (χ1) is 9.47. The third-order valence-electron chi connectivity index (χ3n) is 2.99. The van der Waals surface area contributed by atoms with Crippen molar-refractivity contribution in [2.75, 3.05) is 20.1 Å². The molecule has 0 radical (unpaired) electrons. The van der Waals surface area contributed by atoms with Gasteiger partial charge in [0.1, 0.15) is 5.92 Å². The zero-order valence-electron chi connectivity index (χ0n) is 11.6. The molecule has 0 heterocycles. The Balaban J connectivity index is 2.72. The summed E-state index contributed by atoms with van der Waals surface area (Å²) in [6.07, 6.45) is 0. The summed E-state index contributed by atoms with van der Waals surface area (Å²) < 4.78 is 0. The lowest BCUT2D eigenvalue weighted by Gasteiger charge is -2.18. The first kappa shape index (κ1) is 16.1. The predicted octanol–water partition coefficient (Wildman–Crippen LogP) is 0.651. The Hall–Kier alpha value is -1.95. The summed E-state index contributed by atoms with van der Waals surface area (Å²) in [7, 11) is 1.68. The van der Waals surface area contributed by atoms with Gasteiger partial charge in [-0.25, -0.2) is 0 Å². The van der Waals surface area contributed by atoms with E-state index in [1.165, 1.54) is 4.90 Å². The van der Waals surface area contributed by atoms with E-state index in [1.807, 2.05) is 25.1 Å². The van der Waals surface area contributed by atoms with E-state index in [0.717, 1.165) is 0 Å². The van der Waals surface area contributed by atoms with Crippen LogP contribution in [0, 0.1) is 0 Å². The lowest BCUT2D eigenvalue weighted by atomic mass is 9.98. The van der Waals surface area contributed by atoms with E-state index in [1.54, 1.807) is 19.2 Å². The molecule has 108 valence electrons. The van der Waals surface area contributed by atoms with Crippen molar-refractivity contribution in [3.63, 3.8) is 0 Å². The minimum absolute atomic E-state index is 0.0604. The van der Waals surface area contributed by atoms with E-state index >= 15 is 0 Å². The number of nitrogens with one attached hydrogen (secondary N) is 1. The highest BCUT2D eigenvalue weighted by molar-refractivity contribution is 7.80. The van der Waals surface area contributed by atoms with Gasteiger partial charge in [0.25, 0.3) is 0 Å². The topological polar surface area (TPSA) is 75.4 Å². The second kappa shape index (κ2) is 7.59. The molecule has 1 aromatic rings. The summed E-state index contributed by atoms with van der Waals surface area (Å²) in [5, 5.41) is 2.58. The molecule has 0 spiro atoms. The molecule has 0 bridgehead atoms. The van der Waals surface area contributed by atoms with Crippen LogP contribution in [0.4, 0.5) is 0 Å². The first-order valence-corrected chi connectivity index (χ1v) is 6.74. The molecule has 0 fully saturated rings. The summed E-state index contributed by atoms with van der Waals surface area (Å²) in [6, 6.07) is 9.03. The number of thiocarbonyl (C=S) groups is 1. The van der Waals surface area contributed by atoms with Gasteiger partial charge >= 0.3 is 0 Å². The summed E-state index contributed by atoms with van der Waals surface area (Å²) in [4.78, 5) is 25.4. The predicted molar refractivity (Wildman–Crippen MR) is 82.3 cm³/mol. The maximum absolute atomic E-state index is 12.2. The number of likely N-dealkylation sites (N-methyl/N-ethyl adjacent to an activating group) is 1. The molecule has 1 atom stereocenters. The summed E-state index contributed by atoms with van der Waals surface area (Å²) in [5.74, 6) is -1.23. The maximum Gasteiger partial charge on any atom is 0.241 e. The Bertz CT molecular complexity index is 490. The van der Waals surface area contributed by atoms with Gasteiger partial charge in [-0.1, -0.05) is 42.5 Å². The van der Waals surface area contributed by atoms with Crippen LogP contribution in [0.15, 0.2) is 30.3 Å². The number of benzene rings is 1. The van der Waals surface area contributed by atoms with E-state index in [0.29, 0.717) is 12.1 Å². The SMILES string of the molecule is CCN(C)C(=O)CNC(=O)C(C(N)=S)c1ccccc1. The normalized spacial score (nSPS) is 11.5. The van der Waals surface area contributed by atoms with Gasteiger partial charge in [-0.2, -0.15) is 0 Å². The summed E-state index contributed by atoms with van der Waals surface area (Å²) >= 11 is 4.95. The van der Waals surface area contributed by atoms with Crippen molar-refractivity contribution in [2.45, 2.75) is 12.8 Å². The number of hydrogen-bond acceptors (Lipinski definition) is 3. The largest absolute Gasteiger partial charge is 0.392 e. The lowest BCUT2D eigenvalue weighted by Crippen LogP contribution is -2.42. The van der Waals surface area contributed by atoms with E-state index < -0.39 is 5.92 Å². The molecule has 1 rings (SSSR count). The highest BCUT2D eigenvalue weighted by Crippen LogP contribution is 2.16. The number of nitrogens with two attached hydrogens (primary N) is 1. The molecule has 0 aliphatic carbocycles. The van der Waals surface area contributed by atoms with Gasteiger partial charge < -0.3 is 16.0 Å². The zero-order chi connectivity index (χ0) is 15.1. The molecule has 0 saturated heterocycles. The molecule has 6 heteroatoms. The number of amides is 2. The number of carbonyl (C=O) groups is 2. The lowest BCUT2D eigenvalue weighted by molar-refractivity contribution is -0.131. The van der Waals surface area contributed by atoms with E-state index in [9.17, 15) is 9.59 Å². The molecule has 2 amide bonds. The Labute approximate surface area is 124 Å². The van der Waals surface area contributed by atoms with Crippen LogP contribution >= 0.6 is 12.2 Å². The van der Waals surface area contributed by atoms with E-state index in [4.69, 9.17) is 18.0 Å². The van der Waals surface area contributed by atoms with E-state index in [2.05, 4.69) is 5.32 Å². The van der Waals surface area contributed by atoms with Crippen molar-refractivity contribution in [2.24, 2.45) is 5.73 Å². The van der Waals surface area contributed by atoms with Crippen LogP contribution in [0.2, 0.25) is 0 Å². The Morgan fingerprint density at radius 2 is 1.95 bits per heavy atom. The summed E-state index contributed by atoms with van der Waals surface area (Å²) in [5.41, 5.74) is 6.35. The minimum Gasteiger partial charge on any atom is -0.392 e. The standard InChI is InChI=1S/C14H19N3O2S/c1-3-17(2)11(18)9-16-14(19)12(13(15)20)10-7-5-4-6-8-10/h4-8,12H,3,9H2,1-2H3,(H2,15,20)(H,16,19). The van der Waals surface area contributed by atoms with Crippen LogP contribution in [0.1, 0.15) is 18.4 Å². The number of rotatable bonds is 6. The molecule has 1 unspecified atom stereocenters. The molecule has 5 nitrogen and oxygen atoms in total. The van der Waals surface area contributed by atoms with Gasteiger partial charge in [-0.15, -0.1) is 0 Å². The molecule has 0 saturated carbocycles. The smallest absolute Gasteiger partial charge is 0.241 e. The fourth-order valence-electron chi connectivity index (χ4n) is 1.67. The van der Waals surface area contributed by atoms with Crippen molar-refractivity contribution in [1.82, 2.24) is 10.2 Å². The average Bonchev–Trinajstić information content (AvgIpc) is 2.44. The highest BCUT2D eigenvalue weighted by Gasteiger charge is 2.23. The van der Waals surface area contributed by atoms with Crippen molar-refractivity contribution >= 4 is 29.0 Å². The van der Waals surface area contributed by atoms with Crippen LogP contribution in [0.3, 0.4) is 0 Å². The van der Waals surface area contributed by atoms with Crippen LogP contribution in [0.25, 0.3) is 0 Å². The van der Waals surface area contributed by atoms with Gasteiger partial charge in [-0.05, 0) is 12.5 Å². The third kappa shape index (κ3) is 4.31. The second-order valence-electron chi connectivity index (χ2n) is 4.37. The molecular weight excluding hydrogens is 274 g/mol. The van der Waals surface area contributed by atoms with Crippen molar-refractivity contribution < 1.29 is 9.59 Å². The molecule has 0 aromatic heterocycles. The molecule has 0 aliphatic rings. The van der Waals surface area contributed by atoms with E-state index in [-0.39, 0.29) is 23.3 Å². The van der Waals surface area contributed by atoms with Gasteiger partial charge in [0.2, 0.25) is 11.8 Å². The maximum atomic E-state index is 12.2. The number of hydrogen-bond donors (Lipinski definition) is 2. The third-order valence-corrected chi connectivity index (χ3v) is 3.23. The minimum atomic E-state index is -0.717. The number of carbonyl (C=O) groups excluding carboxylic acids is 2. The molecule has 3 N–H and O–H groups in total. The van der Waals surface area contributed by atoms with Crippen molar-refractivity contribution in [3.05, 3.63) is 35.9 Å². The molecule has 0 aliphatic heterocycles. The van der Waals surface area contributed by atoms with Gasteiger partial charge in [0.05, 0.1) is 11.5 Å². The molecular formula is C14H19N3O2S. The Morgan fingerprint density at radius 1 is 1.35 bits per heavy atom. The monoisotopic (exact) mass is 293 g/mol. The number of nitrogens with zero attached hydrogens (tertiary/aromatic N) is 1. The quantitative estimate of drug-likeness (QED) is 0.755. The van der Waals surface area contributed by atoms with Gasteiger partial charge in [0, 0.05) is 13.6 Å². The Kier molecular flexibility index (Phi) is 6.11. The Morgan fingerprint density at radius 3 is 2.45 bits per heavy atom. The van der Waals surface area contributed by atoms with Gasteiger partial charge in [-0.3, -0.25) is 9.59 Å².